The molecule has 0 aliphatic heterocycles. The van der Waals surface area contributed by atoms with E-state index in [1.54, 1.807) is 0 Å². The predicted molar refractivity (Wildman–Crippen MR) is 66.1 cm³/mol. The van der Waals surface area contributed by atoms with E-state index in [0.29, 0.717) is 0 Å². The van der Waals surface area contributed by atoms with Gasteiger partial charge in [-0.25, -0.2) is 9.18 Å². The Hall–Kier alpha value is -1.56. The number of carbonyl (C=O) groups is 2. The van der Waals surface area contributed by atoms with E-state index >= 15 is 0 Å². The van der Waals surface area contributed by atoms with Gasteiger partial charge in [-0.15, -0.1) is 0 Å². The van der Waals surface area contributed by atoms with Crippen LogP contribution in [-0.4, -0.2) is 23.5 Å². The first-order valence-electron chi connectivity index (χ1n) is 5.00. The number of halogens is 2. The topological polar surface area (TPSA) is 95.4 Å². The first-order valence-corrected chi connectivity index (χ1v) is 5.38. The summed E-state index contributed by atoms with van der Waals surface area (Å²) in [5, 5.41) is -0.171. The van der Waals surface area contributed by atoms with Crippen molar-refractivity contribution in [2.24, 2.45) is 11.5 Å². The maximum atomic E-state index is 14.1. The summed E-state index contributed by atoms with van der Waals surface area (Å²) in [4.78, 5) is 22.3. The number of hydrogen-bond donors (Lipinski definition) is 2. The fourth-order valence-electron chi connectivity index (χ4n) is 0.877. The Morgan fingerprint density at radius 1 is 1.28 bits per heavy atom. The molecule has 0 fully saturated rings. The second-order valence-corrected chi connectivity index (χ2v) is 4.94. The third kappa shape index (κ3) is 4.75. The Bertz CT molecular complexity index is 398. The molecule has 0 saturated heterocycles. The Morgan fingerprint density at radius 3 is 2.11 bits per heavy atom. The van der Waals surface area contributed by atoms with E-state index in [9.17, 15) is 14.0 Å². The van der Waals surface area contributed by atoms with Crippen LogP contribution in [0.25, 0.3) is 0 Å². The molecule has 0 aliphatic rings. The van der Waals surface area contributed by atoms with Crippen LogP contribution in [0.5, 0.6) is 0 Å². The van der Waals surface area contributed by atoms with E-state index in [-0.39, 0.29) is 11.4 Å². The fourth-order valence-corrected chi connectivity index (χ4v) is 0.940. The monoisotopic (exact) mass is 278 g/mol. The molecule has 0 spiro atoms. The maximum Gasteiger partial charge on any atom is 0.358 e. The summed E-state index contributed by atoms with van der Waals surface area (Å²) in [7, 11) is 0. The molecule has 0 aromatic heterocycles. The fraction of sp³-hybridized carbons (Fsp3) is 0.455. The van der Waals surface area contributed by atoms with Gasteiger partial charge in [0.05, 0.1) is 10.9 Å². The highest BCUT2D eigenvalue weighted by atomic mass is 35.5. The van der Waals surface area contributed by atoms with Crippen molar-refractivity contribution in [3.05, 3.63) is 23.0 Å². The van der Waals surface area contributed by atoms with E-state index < -0.39 is 22.9 Å². The van der Waals surface area contributed by atoms with Gasteiger partial charge < -0.3 is 16.2 Å². The quantitative estimate of drug-likeness (QED) is 0.264. The van der Waals surface area contributed by atoms with Crippen LogP contribution in [0.4, 0.5) is 4.39 Å². The van der Waals surface area contributed by atoms with Gasteiger partial charge in [0.2, 0.25) is 0 Å². The summed E-state index contributed by atoms with van der Waals surface area (Å²) in [6.07, 6.45) is 1.75. The number of esters is 1. The third-order valence-electron chi connectivity index (χ3n) is 1.70. The highest BCUT2D eigenvalue weighted by Gasteiger charge is 2.45. The number of allylic oxidation sites excluding steroid dienone is 2. The molecule has 0 heterocycles. The maximum absolute atomic E-state index is 14.1. The van der Waals surface area contributed by atoms with Crippen molar-refractivity contribution in [1.82, 2.24) is 0 Å². The van der Waals surface area contributed by atoms with Gasteiger partial charge >= 0.3 is 5.97 Å². The molecule has 0 radical (unpaired) electrons. The highest BCUT2D eigenvalue weighted by molar-refractivity contribution is 6.29. The first-order chi connectivity index (χ1) is 8.03. The first kappa shape index (κ1) is 16.4. The molecule has 102 valence electrons. The van der Waals surface area contributed by atoms with Crippen LogP contribution >= 0.6 is 11.6 Å². The molecule has 7 heteroatoms. The van der Waals surface area contributed by atoms with Crippen molar-refractivity contribution in [2.75, 3.05) is 0 Å². The van der Waals surface area contributed by atoms with Crippen molar-refractivity contribution in [3.63, 3.8) is 0 Å². The zero-order valence-electron chi connectivity index (χ0n) is 10.4. The van der Waals surface area contributed by atoms with Gasteiger partial charge in [0, 0.05) is 0 Å². The molecule has 0 saturated carbocycles. The summed E-state index contributed by atoms with van der Waals surface area (Å²) in [5.41, 5.74) is 5.77. The Balaban J connectivity index is 5.25. The van der Waals surface area contributed by atoms with Crippen LogP contribution in [0.2, 0.25) is 0 Å². The molecule has 1 unspecified atom stereocenters. The van der Waals surface area contributed by atoms with Crippen LogP contribution in [0.1, 0.15) is 20.8 Å². The number of nitrogens with two attached hydrogens (primary N) is 2. The summed E-state index contributed by atoms with van der Waals surface area (Å²) in [5.74, 6) is -1.39. The van der Waals surface area contributed by atoms with Gasteiger partial charge in [-0.05, 0) is 32.9 Å². The van der Waals surface area contributed by atoms with Gasteiger partial charge in [-0.2, -0.15) is 0 Å². The minimum Gasteiger partial charge on any atom is -0.457 e. The molecular formula is C11H16ClFN2O3. The molecule has 0 amide bonds. The normalized spacial score (nSPS) is 16.9. The second kappa shape index (κ2) is 5.86. The average Bonchev–Trinajstić information content (AvgIpc) is 2.21. The van der Waals surface area contributed by atoms with Crippen molar-refractivity contribution < 1.29 is 18.7 Å². The number of carbonyl (C=O) groups excluding carboxylic acids is 2. The lowest BCUT2D eigenvalue weighted by atomic mass is 10.0. The average molecular weight is 279 g/mol. The van der Waals surface area contributed by atoms with Gasteiger partial charge in [0.15, 0.2) is 6.29 Å². The SMILES string of the molecule is CC(C)(C)OC(=O)C(F)(C=O)/C(N)=C/C=C(\N)Cl. The van der Waals surface area contributed by atoms with Crippen LogP contribution in [-0.2, 0) is 14.3 Å². The molecule has 1 atom stereocenters. The summed E-state index contributed by atoms with van der Waals surface area (Å²) in [6.45, 7) is 4.60. The van der Waals surface area contributed by atoms with Crippen LogP contribution < -0.4 is 11.5 Å². The zero-order chi connectivity index (χ0) is 14.6. The highest BCUT2D eigenvalue weighted by Crippen LogP contribution is 2.21. The van der Waals surface area contributed by atoms with Crippen molar-refractivity contribution in [1.29, 1.82) is 0 Å². The number of hydrogen-bond acceptors (Lipinski definition) is 5. The van der Waals surface area contributed by atoms with Crippen LogP contribution in [0, 0.1) is 0 Å². The van der Waals surface area contributed by atoms with E-state index in [2.05, 4.69) is 0 Å². The Morgan fingerprint density at radius 2 is 1.78 bits per heavy atom. The van der Waals surface area contributed by atoms with Crippen molar-refractivity contribution >= 4 is 23.9 Å². The lowest BCUT2D eigenvalue weighted by Gasteiger charge is -2.25. The van der Waals surface area contributed by atoms with Crippen LogP contribution in [0.15, 0.2) is 23.0 Å². The summed E-state index contributed by atoms with van der Waals surface area (Å²) >= 11 is 5.31. The smallest absolute Gasteiger partial charge is 0.358 e. The zero-order valence-corrected chi connectivity index (χ0v) is 11.1. The third-order valence-corrected chi connectivity index (χ3v) is 1.83. The standard InChI is InChI=1S/C11H16ClFN2O3/c1-10(2,3)18-9(17)11(13,6-16)7(14)4-5-8(12)15/h4-6H,14-15H2,1-3H3/b7-4-,8-5-. The van der Waals surface area contributed by atoms with Crippen molar-refractivity contribution in [3.8, 4) is 0 Å². The van der Waals surface area contributed by atoms with E-state index in [1.807, 2.05) is 0 Å². The number of aldehydes is 1. The lowest BCUT2D eigenvalue weighted by Crippen LogP contribution is -2.45. The van der Waals surface area contributed by atoms with E-state index in [0.717, 1.165) is 12.2 Å². The molecule has 0 rings (SSSR count). The molecular weight excluding hydrogens is 263 g/mol. The number of rotatable bonds is 4. The van der Waals surface area contributed by atoms with Gasteiger partial charge in [-0.1, -0.05) is 11.6 Å². The molecule has 0 aromatic rings. The predicted octanol–water partition coefficient (Wildman–Crippen LogP) is 1.12. The number of ether oxygens (including phenoxy) is 1. The Labute approximate surface area is 110 Å². The van der Waals surface area contributed by atoms with E-state index in [1.165, 1.54) is 20.8 Å². The summed E-state index contributed by atoms with van der Waals surface area (Å²) in [6, 6.07) is 0. The minimum absolute atomic E-state index is 0.171. The Kier molecular flexibility index (Phi) is 5.35. The molecule has 18 heavy (non-hydrogen) atoms. The molecule has 0 bridgehead atoms. The number of alkyl halides is 1. The lowest BCUT2D eigenvalue weighted by molar-refractivity contribution is -0.167. The van der Waals surface area contributed by atoms with Gasteiger partial charge in [0.25, 0.3) is 5.67 Å². The molecule has 0 aromatic carbocycles. The largest absolute Gasteiger partial charge is 0.457 e. The van der Waals surface area contributed by atoms with Crippen molar-refractivity contribution in [2.45, 2.75) is 32.0 Å². The van der Waals surface area contributed by atoms with Crippen LogP contribution in [0.3, 0.4) is 0 Å². The van der Waals surface area contributed by atoms with E-state index in [4.69, 9.17) is 27.8 Å². The molecule has 0 aliphatic carbocycles. The molecule has 4 N–H and O–H groups in total. The summed E-state index contributed by atoms with van der Waals surface area (Å²) < 4.78 is 18.9. The van der Waals surface area contributed by atoms with Gasteiger partial charge in [0.1, 0.15) is 5.60 Å². The minimum atomic E-state index is -3.06. The molecule has 5 nitrogen and oxygen atoms in total. The second-order valence-electron chi connectivity index (χ2n) is 4.51. The van der Waals surface area contributed by atoms with Gasteiger partial charge in [-0.3, -0.25) is 4.79 Å².